The van der Waals surface area contributed by atoms with Crippen molar-refractivity contribution in [1.82, 2.24) is 5.32 Å². The van der Waals surface area contributed by atoms with Gasteiger partial charge in [-0.05, 0) is 50.9 Å². The molecule has 2 aromatic rings. The molecule has 160 valence electrons. The Morgan fingerprint density at radius 3 is 1.63 bits per heavy atom. The molecule has 1 heterocycles. The Bertz CT molecular complexity index is 775. The second kappa shape index (κ2) is 11.9. The lowest BCUT2D eigenvalue weighted by Crippen LogP contribution is -2.33. The summed E-state index contributed by atoms with van der Waals surface area (Å²) in [6.45, 7) is 6.36. The van der Waals surface area contributed by atoms with Crippen molar-refractivity contribution in [3.63, 3.8) is 0 Å². The second-order valence-corrected chi connectivity index (χ2v) is 7.30. The summed E-state index contributed by atoms with van der Waals surface area (Å²) in [7, 11) is 0. The number of carbonyl (C=O) groups is 2. The number of rotatable bonds is 6. The summed E-state index contributed by atoms with van der Waals surface area (Å²) >= 11 is 0. The topological polar surface area (TPSA) is 95.9 Å². The average Bonchev–Trinajstić information content (AvgIpc) is 2.73. The zero-order valence-electron chi connectivity index (χ0n) is 17.4. The van der Waals surface area contributed by atoms with Gasteiger partial charge in [-0.15, -0.1) is 0 Å². The van der Waals surface area contributed by atoms with E-state index in [2.05, 4.69) is 67.7 Å². The highest BCUT2D eigenvalue weighted by atomic mass is 16.5. The highest BCUT2D eigenvalue weighted by molar-refractivity contribution is 5.89. The molecule has 1 aliphatic rings. The number of hydrogen-bond donors (Lipinski definition) is 3. The summed E-state index contributed by atoms with van der Waals surface area (Å²) in [5, 5.41) is 19.0. The van der Waals surface area contributed by atoms with Crippen LogP contribution in [0.5, 0.6) is 0 Å². The van der Waals surface area contributed by atoms with Crippen LogP contribution in [0.1, 0.15) is 41.2 Å². The zero-order valence-corrected chi connectivity index (χ0v) is 17.4. The summed E-state index contributed by atoms with van der Waals surface area (Å²) < 4.78 is 6.50. The van der Waals surface area contributed by atoms with E-state index < -0.39 is 11.9 Å². The first kappa shape index (κ1) is 23.3. The molecule has 0 bridgehead atoms. The van der Waals surface area contributed by atoms with Crippen molar-refractivity contribution in [2.75, 3.05) is 13.1 Å². The predicted octanol–water partition coefficient (Wildman–Crippen LogP) is 3.87. The third-order valence-electron chi connectivity index (χ3n) is 4.74. The molecule has 0 amide bonds. The van der Waals surface area contributed by atoms with Gasteiger partial charge in [-0.3, -0.25) is 0 Å². The van der Waals surface area contributed by atoms with Gasteiger partial charge in [-0.1, -0.05) is 59.7 Å². The first-order valence-electron chi connectivity index (χ1n) is 9.98. The molecular weight excluding hydrogens is 382 g/mol. The summed E-state index contributed by atoms with van der Waals surface area (Å²) in [4.78, 5) is 19.1. The number of benzene rings is 2. The number of carboxylic acids is 2. The fourth-order valence-corrected chi connectivity index (χ4v) is 3.10. The maximum atomic E-state index is 9.55. The minimum absolute atomic E-state index is 0.0318. The van der Waals surface area contributed by atoms with Gasteiger partial charge in [0.25, 0.3) is 0 Å². The van der Waals surface area contributed by atoms with Crippen molar-refractivity contribution >= 4 is 11.9 Å². The van der Waals surface area contributed by atoms with Crippen molar-refractivity contribution < 1.29 is 24.5 Å². The standard InChI is InChI=1S/C20H25NO.C4H4O4/c1-15-3-7-17(8-4-15)20(18-9-5-16(2)6-10-18)22-19-11-13-21-14-12-19;5-3(6)1-2-4(7)8/h3-10,19-21H,11-14H2,1-2H3;1-2H,(H,5,6)(H,7,8)/b;2-1+. The Labute approximate surface area is 177 Å². The van der Waals surface area contributed by atoms with E-state index in [1.165, 1.54) is 22.3 Å². The molecule has 1 aliphatic heterocycles. The zero-order chi connectivity index (χ0) is 21.9. The fraction of sp³-hybridized carbons (Fsp3) is 0.333. The van der Waals surface area contributed by atoms with Gasteiger partial charge in [-0.2, -0.15) is 0 Å². The molecule has 1 saturated heterocycles. The molecule has 1 fully saturated rings. The lowest BCUT2D eigenvalue weighted by Gasteiger charge is -2.29. The number of aryl methyl sites for hydroxylation is 2. The number of hydrogen-bond acceptors (Lipinski definition) is 4. The van der Waals surface area contributed by atoms with Crippen LogP contribution >= 0.6 is 0 Å². The SMILES string of the molecule is Cc1ccc(C(OC2CCNCC2)c2ccc(C)cc2)cc1.O=C(O)/C=C/C(=O)O. The van der Waals surface area contributed by atoms with E-state index in [-0.39, 0.29) is 6.10 Å². The van der Waals surface area contributed by atoms with Gasteiger partial charge in [-0.25, -0.2) is 9.59 Å². The molecule has 2 aromatic carbocycles. The molecule has 30 heavy (non-hydrogen) atoms. The van der Waals surface area contributed by atoms with Gasteiger partial charge in [0.15, 0.2) is 0 Å². The third-order valence-corrected chi connectivity index (χ3v) is 4.74. The predicted molar refractivity (Wildman–Crippen MR) is 116 cm³/mol. The van der Waals surface area contributed by atoms with Crippen molar-refractivity contribution in [3.05, 3.63) is 82.9 Å². The van der Waals surface area contributed by atoms with E-state index >= 15 is 0 Å². The van der Waals surface area contributed by atoms with E-state index in [1.54, 1.807) is 0 Å². The molecule has 0 aliphatic carbocycles. The quantitative estimate of drug-likeness (QED) is 0.625. The Morgan fingerprint density at radius 2 is 1.27 bits per heavy atom. The summed E-state index contributed by atoms with van der Waals surface area (Å²) in [5.74, 6) is -2.51. The molecule has 3 rings (SSSR count). The molecule has 0 unspecified atom stereocenters. The van der Waals surface area contributed by atoms with Crippen LogP contribution < -0.4 is 5.32 Å². The van der Waals surface area contributed by atoms with E-state index in [1.807, 2.05) is 0 Å². The smallest absolute Gasteiger partial charge is 0.328 e. The Hall–Kier alpha value is -2.96. The fourth-order valence-electron chi connectivity index (χ4n) is 3.10. The molecule has 3 N–H and O–H groups in total. The second-order valence-electron chi connectivity index (χ2n) is 7.30. The highest BCUT2D eigenvalue weighted by Crippen LogP contribution is 2.29. The van der Waals surface area contributed by atoms with Crippen molar-refractivity contribution in [2.45, 2.75) is 38.9 Å². The Kier molecular flexibility index (Phi) is 9.25. The lowest BCUT2D eigenvalue weighted by molar-refractivity contribution is -0.134. The van der Waals surface area contributed by atoms with Crippen LogP contribution in [0.3, 0.4) is 0 Å². The molecule has 6 nitrogen and oxygen atoms in total. The molecule has 6 heteroatoms. The van der Waals surface area contributed by atoms with E-state index in [4.69, 9.17) is 14.9 Å². The van der Waals surface area contributed by atoms with Crippen LogP contribution in [-0.2, 0) is 14.3 Å². The maximum Gasteiger partial charge on any atom is 0.328 e. The van der Waals surface area contributed by atoms with Crippen LogP contribution in [0.15, 0.2) is 60.7 Å². The van der Waals surface area contributed by atoms with Gasteiger partial charge < -0.3 is 20.3 Å². The molecule has 0 spiro atoms. The molecule has 0 atom stereocenters. The van der Waals surface area contributed by atoms with Crippen molar-refractivity contribution in [1.29, 1.82) is 0 Å². The van der Waals surface area contributed by atoms with Gasteiger partial charge in [0, 0.05) is 12.2 Å². The molecule has 0 saturated carbocycles. The largest absolute Gasteiger partial charge is 0.478 e. The third kappa shape index (κ3) is 8.19. The number of ether oxygens (including phenoxy) is 1. The minimum Gasteiger partial charge on any atom is -0.478 e. The highest BCUT2D eigenvalue weighted by Gasteiger charge is 2.21. The molecule has 0 aromatic heterocycles. The van der Waals surface area contributed by atoms with Gasteiger partial charge in [0.2, 0.25) is 0 Å². The van der Waals surface area contributed by atoms with Crippen LogP contribution in [0.25, 0.3) is 0 Å². The number of aliphatic carboxylic acids is 2. The van der Waals surface area contributed by atoms with Gasteiger partial charge in [0.05, 0.1) is 6.10 Å². The number of carboxylic acid groups (broad SMARTS) is 2. The first-order valence-corrected chi connectivity index (χ1v) is 9.98. The monoisotopic (exact) mass is 411 g/mol. The Balaban J connectivity index is 0.000000343. The average molecular weight is 411 g/mol. The summed E-state index contributed by atoms with van der Waals surface area (Å²) in [6.07, 6.45) is 3.67. The summed E-state index contributed by atoms with van der Waals surface area (Å²) in [6, 6.07) is 17.5. The normalized spacial score (nSPS) is 14.4. The number of piperidine rings is 1. The summed E-state index contributed by atoms with van der Waals surface area (Å²) in [5.41, 5.74) is 5.06. The van der Waals surface area contributed by atoms with Crippen LogP contribution in [-0.4, -0.2) is 41.3 Å². The lowest BCUT2D eigenvalue weighted by atomic mass is 9.98. The van der Waals surface area contributed by atoms with E-state index in [0.717, 1.165) is 25.9 Å². The maximum absolute atomic E-state index is 9.55. The van der Waals surface area contributed by atoms with E-state index in [0.29, 0.717) is 18.3 Å². The van der Waals surface area contributed by atoms with Gasteiger partial charge in [0.1, 0.15) is 6.10 Å². The van der Waals surface area contributed by atoms with Gasteiger partial charge >= 0.3 is 11.9 Å². The van der Waals surface area contributed by atoms with Crippen LogP contribution in [0, 0.1) is 13.8 Å². The Morgan fingerprint density at radius 1 is 0.867 bits per heavy atom. The van der Waals surface area contributed by atoms with Crippen LogP contribution in [0.2, 0.25) is 0 Å². The van der Waals surface area contributed by atoms with E-state index in [9.17, 15) is 9.59 Å². The number of nitrogens with one attached hydrogen (secondary N) is 1. The molecular formula is C24H29NO5. The van der Waals surface area contributed by atoms with Crippen molar-refractivity contribution in [3.8, 4) is 0 Å². The minimum atomic E-state index is -1.26. The van der Waals surface area contributed by atoms with Crippen molar-refractivity contribution in [2.24, 2.45) is 0 Å². The first-order chi connectivity index (χ1) is 14.3. The molecule has 0 radical (unpaired) electrons. The van der Waals surface area contributed by atoms with Crippen LogP contribution in [0.4, 0.5) is 0 Å².